The number of nitrogens with one attached hydrogen (secondary N) is 1. The van der Waals surface area contributed by atoms with E-state index in [2.05, 4.69) is 5.32 Å². The highest BCUT2D eigenvalue weighted by atomic mass is 19.1. The Morgan fingerprint density at radius 1 is 1.07 bits per heavy atom. The minimum absolute atomic E-state index is 0.169. The third-order valence-corrected chi connectivity index (χ3v) is 3.81. The summed E-state index contributed by atoms with van der Waals surface area (Å²) < 4.78 is 18.6. The van der Waals surface area contributed by atoms with Gasteiger partial charge >= 0.3 is 5.97 Å². The van der Waals surface area contributed by atoms with Crippen LogP contribution < -0.4 is 5.32 Å². The minimum atomic E-state index is -1.00. The molecule has 0 radical (unpaired) electrons. The van der Waals surface area contributed by atoms with Gasteiger partial charge in [0.15, 0.2) is 6.10 Å². The largest absolute Gasteiger partial charge is 0.451 e. The van der Waals surface area contributed by atoms with Crippen LogP contribution in [0.15, 0.2) is 54.6 Å². The fourth-order valence-corrected chi connectivity index (χ4v) is 2.43. The zero-order chi connectivity index (χ0) is 19.8. The van der Waals surface area contributed by atoms with Crippen LogP contribution in [0, 0.1) is 5.82 Å². The lowest BCUT2D eigenvalue weighted by atomic mass is 10.2. The maximum atomic E-state index is 13.5. The first kappa shape index (κ1) is 20.1. The van der Waals surface area contributed by atoms with Gasteiger partial charge in [-0.2, -0.15) is 0 Å². The lowest BCUT2D eigenvalue weighted by molar-refractivity contribution is -0.157. The number of benzene rings is 2. The Hall–Kier alpha value is -3.22. The molecule has 6 nitrogen and oxygen atoms in total. The Kier molecular flexibility index (Phi) is 7.05. The zero-order valence-corrected chi connectivity index (χ0v) is 15.1. The van der Waals surface area contributed by atoms with Gasteiger partial charge in [0.1, 0.15) is 12.4 Å². The molecule has 142 valence electrons. The molecule has 0 saturated carbocycles. The standard InChI is InChI=1S/C20H21FN2O4/c1-14(20(26)23(2)13-15-8-4-3-5-9-15)27-18(24)12-22-19(25)16-10-6-7-11-17(16)21/h3-11,14H,12-13H2,1-2H3,(H,22,25). The lowest BCUT2D eigenvalue weighted by Crippen LogP contribution is -2.39. The van der Waals surface area contributed by atoms with Crippen molar-refractivity contribution >= 4 is 17.8 Å². The quantitative estimate of drug-likeness (QED) is 0.756. The molecule has 2 aromatic carbocycles. The summed E-state index contributed by atoms with van der Waals surface area (Å²) in [6, 6.07) is 14.8. The van der Waals surface area contributed by atoms with Gasteiger partial charge in [0.05, 0.1) is 5.56 Å². The van der Waals surface area contributed by atoms with Crippen LogP contribution in [0.1, 0.15) is 22.8 Å². The molecule has 0 aliphatic heterocycles. The molecule has 0 aliphatic carbocycles. The molecule has 0 bridgehead atoms. The van der Waals surface area contributed by atoms with Crippen molar-refractivity contribution in [3.8, 4) is 0 Å². The zero-order valence-electron chi connectivity index (χ0n) is 15.1. The summed E-state index contributed by atoms with van der Waals surface area (Å²) >= 11 is 0. The van der Waals surface area contributed by atoms with Gasteiger partial charge in [-0.15, -0.1) is 0 Å². The average Bonchev–Trinajstić information content (AvgIpc) is 2.66. The molecule has 2 aromatic rings. The number of likely N-dealkylation sites (N-methyl/N-ethyl adjacent to an activating group) is 1. The average molecular weight is 372 g/mol. The molecule has 0 heterocycles. The number of amides is 2. The van der Waals surface area contributed by atoms with E-state index in [9.17, 15) is 18.8 Å². The second-order valence-electron chi connectivity index (χ2n) is 5.97. The summed E-state index contributed by atoms with van der Waals surface area (Å²) in [4.78, 5) is 37.5. The van der Waals surface area contributed by atoms with Gasteiger partial charge in [-0.25, -0.2) is 4.39 Å². The monoisotopic (exact) mass is 372 g/mol. The normalized spacial score (nSPS) is 11.4. The summed E-state index contributed by atoms with van der Waals surface area (Å²) in [5, 5.41) is 2.27. The number of carbonyl (C=O) groups is 3. The van der Waals surface area contributed by atoms with Gasteiger partial charge in [0.2, 0.25) is 0 Å². The summed E-state index contributed by atoms with van der Waals surface area (Å²) in [7, 11) is 1.61. The molecule has 27 heavy (non-hydrogen) atoms. The van der Waals surface area contributed by atoms with E-state index in [0.29, 0.717) is 6.54 Å². The Labute approximate surface area is 156 Å². The van der Waals surface area contributed by atoms with Crippen LogP contribution in [-0.4, -0.2) is 42.4 Å². The maximum absolute atomic E-state index is 13.5. The first-order chi connectivity index (χ1) is 12.9. The fraction of sp³-hybridized carbons (Fsp3) is 0.250. The summed E-state index contributed by atoms with van der Waals surface area (Å²) in [6.07, 6.45) is -1.00. The van der Waals surface area contributed by atoms with E-state index in [0.717, 1.165) is 11.6 Å². The molecular weight excluding hydrogens is 351 g/mol. The van der Waals surface area contributed by atoms with Crippen molar-refractivity contribution in [2.75, 3.05) is 13.6 Å². The van der Waals surface area contributed by atoms with Crippen molar-refractivity contribution in [3.63, 3.8) is 0 Å². The Balaban J connectivity index is 1.81. The Morgan fingerprint density at radius 3 is 2.37 bits per heavy atom. The summed E-state index contributed by atoms with van der Waals surface area (Å²) in [6.45, 7) is 1.37. The molecule has 0 spiro atoms. The van der Waals surface area contributed by atoms with E-state index >= 15 is 0 Å². The van der Waals surface area contributed by atoms with Crippen LogP contribution in [0.25, 0.3) is 0 Å². The molecule has 1 N–H and O–H groups in total. The number of nitrogens with zero attached hydrogens (tertiary/aromatic N) is 1. The third kappa shape index (κ3) is 5.91. The number of carbonyl (C=O) groups excluding carboxylic acids is 3. The third-order valence-electron chi connectivity index (χ3n) is 3.81. The summed E-state index contributed by atoms with van der Waals surface area (Å²) in [5.41, 5.74) is 0.779. The minimum Gasteiger partial charge on any atom is -0.451 e. The van der Waals surface area contributed by atoms with Gasteiger partial charge in [-0.1, -0.05) is 42.5 Å². The van der Waals surface area contributed by atoms with Crippen LogP contribution in [-0.2, 0) is 20.9 Å². The van der Waals surface area contributed by atoms with E-state index in [1.807, 2.05) is 30.3 Å². The van der Waals surface area contributed by atoms with Crippen LogP contribution in [0.3, 0.4) is 0 Å². The predicted molar refractivity (Wildman–Crippen MR) is 97.2 cm³/mol. The van der Waals surface area contributed by atoms with Crippen molar-refractivity contribution in [2.45, 2.75) is 19.6 Å². The first-order valence-corrected chi connectivity index (χ1v) is 8.39. The highest BCUT2D eigenvalue weighted by molar-refractivity contribution is 5.96. The van der Waals surface area contributed by atoms with Crippen molar-refractivity contribution < 1.29 is 23.5 Å². The topological polar surface area (TPSA) is 75.7 Å². The van der Waals surface area contributed by atoms with Crippen molar-refractivity contribution in [3.05, 3.63) is 71.5 Å². The van der Waals surface area contributed by atoms with E-state index in [1.165, 1.54) is 30.0 Å². The fourth-order valence-electron chi connectivity index (χ4n) is 2.43. The highest BCUT2D eigenvalue weighted by Crippen LogP contribution is 2.07. The van der Waals surface area contributed by atoms with Gasteiger partial charge < -0.3 is 15.0 Å². The van der Waals surface area contributed by atoms with Gasteiger partial charge in [-0.3, -0.25) is 14.4 Å². The molecule has 0 aliphatic rings. The first-order valence-electron chi connectivity index (χ1n) is 8.39. The highest BCUT2D eigenvalue weighted by Gasteiger charge is 2.22. The SMILES string of the molecule is CC(OC(=O)CNC(=O)c1ccccc1F)C(=O)N(C)Cc1ccccc1. The molecule has 0 aromatic heterocycles. The van der Waals surface area contributed by atoms with E-state index in [1.54, 1.807) is 7.05 Å². The molecule has 2 amide bonds. The Bertz CT molecular complexity index is 811. The predicted octanol–water partition coefficient (Wildman–Crippen LogP) is 2.15. The Morgan fingerprint density at radius 2 is 1.70 bits per heavy atom. The van der Waals surface area contributed by atoms with Gasteiger partial charge in [0, 0.05) is 13.6 Å². The van der Waals surface area contributed by atoms with Crippen LogP contribution >= 0.6 is 0 Å². The molecule has 0 fully saturated rings. The molecule has 1 atom stereocenters. The smallest absolute Gasteiger partial charge is 0.326 e. The van der Waals surface area contributed by atoms with Crippen molar-refractivity contribution in [1.82, 2.24) is 10.2 Å². The second-order valence-corrected chi connectivity index (χ2v) is 5.97. The van der Waals surface area contributed by atoms with Gasteiger partial charge in [0.25, 0.3) is 11.8 Å². The number of hydrogen-bond donors (Lipinski definition) is 1. The second kappa shape index (κ2) is 9.47. The summed E-state index contributed by atoms with van der Waals surface area (Å²) in [5.74, 6) is -2.57. The molecule has 7 heteroatoms. The molecule has 1 unspecified atom stereocenters. The van der Waals surface area contributed by atoms with Crippen LogP contribution in [0.5, 0.6) is 0 Å². The van der Waals surface area contributed by atoms with E-state index < -0.39 is 30.3 Å². The lowest BCUT2D eigenvalue weighted by Gasteiger charge is -2.21. The maximum Gasteiger partial charge on any atom is 0.326 e. The van der Waals surface area contributed by atoms with Crippen LogP contribution in [0.4, 0.5) is 4.39 Å². The van der Waals surface area contributed by atoms with E-state index in [-0.39, 0.29) is 11.5 Å². The number of halogens is 1. The molecular formula is C20H21FN2O4. The van der Waals surface area contributed by atoms with Crippen molar-refractivity contribution in [1.29, 1.82) is 0 Å². The number of esters is 1. The number of hydrogen-bond acceptors (Lipinski definition) is 4. The number of ether oxygens (including phenoxy) is 1. The van der Waals surface area contributed by atoms with E-state index in [4.69, 9.17) is 4.74 Å². The molecule has 2 rings (SSSR count). The molecule has 0 saturated heterocycles. The van der Waals surface area contributed by atoms with Crippen LogP contribution in [0.2, 0.25) is 0 Å². The number of rotatable bonds is 7. The van der Waals surface area contributed by atoms with Crippen molar-refractivity contribution in [2.24, 2.45) is 0 Å². The van der Waals surface area contributed by atoms with Gasteiger partial charge in [-0.05, 0) is 24.6 Å².